The summed E-state index contributed by atoms with van der Waals surface area (Å²) >= 11 is 11.8. The van der Waals surface area contributed by atoms with Gasteiger partial charge in [-0.3, -0.25) is 4.79 Å². The summed E-state index contributed by atoms with van der Waals surface area (Å²) in [6.45, 7) is 2.41. The van der Waals surface area contributed by atoms with E-state index < -0.39 is 6.10 Å². The van der Waals surface area contributed by atoms with Crippen LogP contribution in [0.1, 0.15) is 26.2 Å². The Hall–Kier alpha value is -0.970. The van der Waals surface area contributed by atoms with Crippen molar-refractivity contribution in [3.05, 3.63) is 28.2 Å². The van der Waals surface area contributed by atoms with Gasteiger partial charge in [-0.15, -0.1) is 0 Å². The van der Waals surface area contributed by atoms with Crippen LogP contribution < -0.4 is 4.74 Å². The normalized spacial score (nSPS) is 19.6. The smallest absolute Gasteiger partial charge is 0.260 e. The van der Waals surface area contributed by atoms with Crippen LogP contribution in [0.15, 0.2) is 18.2 Å². The number of nitrogens with zero attached hydrogens (tertiary/aromatic N) is 1. The minimum absolute atomic E-state index is 0.0486. The molecule has 0 radical (unpaired) electrons. The Bertz CT molecular complexity index is 487. The monoisotopic (exact) mass is 331 g/mol. The summed E-state index contributed by atoms with van der Waals surface area (Å²) in [5.41, 5.74) is 0. The molecule has 2 unspecified atom stereocenters. The second-order valence-corrected chi connectivity index (χ2v) is 6.23. The summed E-state index contributed by atoms with van der Waals surface area (Å²) in [6, 6.07) is 4.96. The Morgan fingerprint density at radius 1 is 1.43 bits per heavy atom. The quantitative estimate of drug-likeness (QED) is 0.901. The van der Waals surface area contributed by atoms with E-state index in [1.165, 1.54) is 0 Å². The molecule has 1 fully saturated rings. The van der Waals surface area contributed by atoms with Gasteiger partial charge in [-0.1, -0.05) is 23.2 Å². The van der Waals surface area contributed by atoms with E-state index in [4.69, 9.17) is 27.9 Å². The van der Waals surface area contributed by atoms with Gasteiger partial charge in [-0.2, -0.15) is 0 Å². The lowest BCUT2D eigenvalue weighted by Crippen LogP contribution is -2.40. The van der Waals surface area contributed by atoms with Crippen molar-refractivity contribution < 1.29 is 14.6 Å². The van der Waals surface area contributed by atoms with E-state index in [1.54, 1.807) is 30.0 Å². The van der Waals surface area contributed by atoms with Gasteiger partial charge in [0.15, 0.2) is 6.61 Å². The van der Waals surface area contributed by atoms with Crippen LogP contribution in [0.4, 0.5) is 0 Å². The lowest BCUT2D eigenvalue weighted by molar-refractivity contribution is -0.134. The average molecular weight is 332 g/mol. The third-order valence-electron chi connectivity index (χ3n) is 3.51. The standard InChI is InChI=1S/C15H19Cl2NO3/c1-10(19)5-13-3-2-4-18(13)15(20)9-21-14-7-11(16)6-12(17)8-14/h6-8,10,13,19H,2-5,9H2,1H3. The summed E-state index contributed by atoms with van der Waals surface area (Å²) in [5.74, 6) is 0.404. The number of aliphatic hydroxyl groups excluding tert-OH is 1. The molecule has 1 heterocycles. The number of halogens is 2. The van der Waals surface area contributed by atoms with Gasteiger partial charge in [0.2, 0.25) is 0 Å². The van der Waals surface area contributed by atoms with Crippen molar-refractivity contribution >= 4 is 29.1 Å². The van der Waals surface area contributed by atoms with E-state index in [2.05, 4.69) is 0 Å². The van der Waals surface area contributed by atoms with Crippen LogP contribution in [0.5, 0.6) is 5.75 Å². The van der Waals surface area contributed by atoms with Crippen LogP contribution in [0.3, 0.4) is 0 Å². The molecule has 1 N–H and O–H groups in total. The Kier molecular flexibility index (Phi) is 5.73. The number of hydrogen-bond acceptors (Lipinski definition) is 3. The third kappa shape index (κ3) is 4.77. The SMILES string of the molecule is CC(O)CC1CCCN1C(=O)COc1cc(Cl)cc(Cl)c1. The zero-order valence-corrected chi connectivity index (χ0v) is 13.4. The topological polar surface area (TPSA) is 49.8 Å². The first-order chi connectivity index (χ1) is 9.95. The Morgan fingerprint density at radius 3 is 2.71 bits per heavy atom. The van der Waals surface area contributed by atoms with Crippen molar-refractivity contribution in [2.45, 2.75) is 38.3 Å². The fourth-order valence-corrected chi connectivity index (χ4v) is 3.15. The van der Waals surface area contributed by atoms with E-state index in [1.807, 2.05) is 0 Å². The van der Waals surface area contributed by atoms with Crippen molar-refractivity contribution in [3.63, 3.8) is 0 Å². The minimum Gasteiger partial charge on any atom is -0.484 e. The van der Waals surface area contributed by atoms with E-state index in [-0.39, 0.29) is 18.6 Å². The van der Waals surface area contributed by atoms with Crippen LogP contribution in [0.25, 0.3) is 0 Å². The highest BCUT2D eigenvalue weighted by molar-refractivity contribution is 6.34. The van der Waals surface area contributed by atoms with Gasteiger partial charge >= 0.3 is 0 Å². The summed E-state index contributed by atoms with van der Waals surface area (Å²) < 4.78 is 5.47. The molecule has 0 spiro atoms. The second kappa shape index (κ2) is 7.34. The molecule has 21 heavy (non-hydrogen) atoms. The van der Waals surface area contributed by atoms with Gasteiger partial charge in [0.25, 0.3) is 5.91 Å². The fraction of sp³-hybridized carbons (Fsp3) is 0.533. The number of rotatable bonds is 5. The van der Waals surface area contributed by atoms with Crippen LogP contribution in [0, 0.1) is 0 Å². The molecule has 1 aromatic rings. The molecule has 1 aliphatic heterocycles. The highest BCUT2D eigenvalue weighted by Crippen LogP contribution is 2.25. The summed E-state index contributed by atoms with van der Waals surface area (Å²) in [7, 11) is 0. The van der Waals surface area contributed by atoms with E-state index in [0.29, 0.717) is 22.2 Å². The fourth-order valence-electron chi connectivity index (χ4n) is 2.64. The van der Waals surface area contributed by atoms with Crippen molar-refractivity contribution in [1.82, 2.24) is 4.90 Å². The maximum absolute atomic E-state index is 12.2. The number of hydrogen-bond donors (Lipinski definition) is 1. The van der Waals surface area contributed by atoms with Crippen LogP contribution in [-0.4, -0.2) is 41.2 Å². The molecule has 0 aromatic heterocycles. The first-order valence-electron chi connectivity index (χ1n) is 7.02. The number of amides is 1. The van der Waals surface area contributed by atoms with Crippen molar-refractivity contribution in [1.29, 1.82) is 0 Å². The van der Waals surface area contributed by atoms with Crippen molar-refractivity contribution in [2.24, 2.45) is 0 Å². The molecule has 4 nitrogen and oxygen atoms in total. The van der Waals surface area contributed by atoms with E-state index >= 15 is 0 Å². The number of benzene rings is 1. The number of likely N-dealkylation sites (tertiary alicyclic amines) is 1. The van der Waals surface area contributed by atoms with Crippen LogP contribution >= 0.6 is 23.2 Å². The predicted octanol–water partition coefficient (Wildman–Crippen LogP) is 3.13. The van der Waals surface area contributed by atoms with Crippen LogP contribution in [0.2, 0.25) is 10.0 Å². The lowest BCUT2D eigenvalue weighted by Gasteiger charge is -2.25. The van der Waals surface area contributed by atoms with Crippen molar-refractivity contribution in [2.75, 3.05) is 13.2 Å². The van der Waals surface area contributed by atoms with Crippen molar-refractivity contribution in [3.8, 4) is 5.75 Å². The van der Waals surface area contributed by atoms with E-state index in [9.17, 15) is 9.90 Å². The maximum atomic E-state index is 12.2. The van der Waals surface area contributed by atoms with Gasteiger partial charge in [0, 0.05) is 22.6 Å². The Labute approximate surface area is 134 Å². The Balaban J connectivity index is 1.91. The minimum atomic E-state index is -0.406. The molecule has 2 rings (SSSR count). The molecular weight excluding hydrogens is 313 g/mol. The van der Waals surface area contributed by atoms with Gasteiger partial charge in [-0.25, -0.2) is 0 Å². The predicted molar refractivity (Wildman–Crippen MR) is 83.0 cm³/mol. The number of ether oxygens (including phenoxy) is 1. The van der Waals surface area contributed by atoms with Gasteiger partial charge in [0.05, 0.1) is 6.10 Å². The summed E-state index contributed by atoms with van der Waals surface area (Å²) in [6.07, 6.45) is 2.09. The first-order valence-corrected chi connectivity index (χ1v) is 7.77. The molecular formula is C15H19Cl2NO3. The molecule has 1 saturated heterocycles. The van der Waals surface area contributed by atoms with Gasteiger partial charge < -0.3 is 14.7 Å². The molecule has 0 bridgehead atoms. The number of carbonyl (C=O) groups is 1. The number of carbonyl (C=O) groups excluding carboxylic acids is 1. The zero-order valence-electron chi connectivity index (χ0n) is 11.9. The molecule has 0 saturated carbocycles. The molecule has 1 aromatic carbocycles. The maximum Gasteiger partial charge on any atom is 0.260 e. The molecule has 2 atom stereocenters. The molecule has 6 heteroatoms. The first kappa shape index (κ1) is 16.4. The van der Waals surface area contributed by atoms with Gasteiger partial charge in [0.1, 0.15) is 5.75 Å². The highest BCUT2D eigenvalue weighted by atomic mass is 35.5. The molecule has 0 aliphatic carbocycles. The molecule has 1 amide bonds. The molecule has 116 valence electrons. The van der Waals surface area contributed by atoms with Gasteiger partial charge in [-0.05, 0) is 44.4 Å². The average Bonchev–Trinajstić information content (AvgIpc) is 2.82. The summed E-state index contributed by atoms with van der Waals surface area (Å²) in [5, 5.41) is 10.4. The third-order valence-corrected chi connectivity index (χ3v) is 3.95. The molecule has 1 aliphatic rings. The zero-order chi connectivity index (χ0) is 15.4. The largest absolute Gasteiger partial charge is 0.484 e. The van der Waals surface area contributed by atoms with E-state index in [0.717, 1.165) is 19.4 Å². The summed E-state index contributed by atoms with van der Waals surface area (Å²) in [4.78, 5) is 14.0. The number of aliphatic hydroxyl groups is 1. The highest BCUT2D eigenvalue weighted by Gasteiger charge is 2.29. The lowest BCUT2D eigenvalue weighted by atomic mass is 10.1. The Morgan fingerprint density at radius 2 is 2.10 bits per heavy atom. The second-order valence-electron chi connectivity index (χ2n) is 5.36. The van der Waals surface area contributed by atoms with Crippen LogP contribution in [-0.2, 0) is 4.79 Å².